The predicted octanol–water partition coefficient (Wildman–Crippen LogP) is 2.66. The molecule has 2 aliphatic rings. The smallest absolute Gasteiger partial charge is 0.270 e. The first kappa shape index (κ1) is 16.4. The average Bonchev–Trinajstić information content (AvgIpc) is 2.56. The maximum absolute atomic E-state index is 12.5. The molecule has 1 N–H and O–H groups in total. The number of amides is 1. The summed E-state index contributed by atoms with van der Waals surface area (Å²) in [4.78, 5) is 24.1. The van der Waals surface area contributed by atoms with E-state index in [1.165, 1.54) is 19.3 Å². The van der Waals surface area contributed by atoms with Gasteiger partial charge in [0.25, 0.3) is 5.91 Å². The third-order valence-corrected chi connectivity index (χ3v) is 5.13. The summed E-state index contributed by atoms with van der Waals surface area (Å²) in [5.41, 5.74) is 1.43. The van der Waals surface area contributed by atoms with E-state index in [0.717, 1.165) is 50.3 Å². The molecule has 1 aromatic heterocycles. The quantitative estimate of drug-likeness (QED) is 0.931. The molecule has 1 amide bonds. The number of aryl methyl sites for hydroxylation is 1. The SMILES string of the molecule is Cc1cc(C(=O)NC2CCCCC2)nc(C2CCN(C)CC2)n1. The number of nitrogens with zero attached hydrogens (tertiary/aromatic N) is 3. The first-order valence-corrected chi connectivity index (χ1v) is 8.97. The number of nitrogens with one attached hydrogen (secondary N) is 1. The van der Waals surface area contributed by atoms with Gasteiger partial charge in [0.1, 0.15) is 11.5 Å². The third-order valence-electron chi connectivity index (χ3n) is 5.13. The zero-order valence-electron chi connectivity index (χ0n) is 14.3. The lowest BCUT2D eigenvalue weighted by atomic mass is 9.95. The molecule has 1 aliphatic carbocycles. The molecule has 0 radical (unpaired) electrons. The van der Waals surface area contributed by atoms with Gasteiger partial charge in [-0.3, -0.25) is 4.79 Å². The Morgan fingerprint density at radius 2 is 1.83 bits per heavy atom. The van der Waals surface area contributed by atoms with Crippen LogP contribution in [0.2, 0.25) is 0 Å². The summed E-state index contributed by atoms with van der Waals surface area (Å²) in [7, 11) is 2.15. The van der Waals surface area contributed by atoms with Gasteiger partial charge in [0, 0.05) is 17.7 Å². The van der Waals surface area contributed by atoms with E-state index in [1.54, 1.807) is 0 Å². The van der Waals surface area contributed by atoms with Crippen molar-refractivity contribution < 1.29 is 4.79 Å². The van der Waals surface area contributed by atoms with Gasteiger partial charge in [-0.2, -0.15) is 0 Å². The molecular formula is C18H28N4O. The van der Waals surface area contributed by atoms with Crippen molar-refractivity contribution in [3.05, 3.63) is 23.3 Å². The van der Waals surface area contributed by atoms with Crippen LogP contribution in [0.5, 0.6) is 0 Å². The molecular weight excluding hydrogens is 288 g/mol. The van der Waals surface area contributed by atoms with Crippen LogP contribution in [0.15, 0.2) is 6.07 Å². The van der Waals surface area contributed by atoms with Crippen LogP contribution in [0.1, 0.15) is 72.9 Å². The van der Waals surface area contributed by atoms with Crippen LogP contribution in [-0.2, 0) is 0 Å². The molecule has 0 spiro atoms. The van der Waals surface area contributed by atoms with Crippen molar-refractivity contribution in [2.24, 2.45) is 0 Å². The van der Waals surface area contributed by atoms with E-state index in [2.05, 4.69) is 27.2 Å². The van der Waals surface area contributed by atoms with Crippen LogP contribution in [0.3, 0.4) is 0 Å². The minimum Gasteiger partial charge on any atom is -0.348 e. The van der Waals surface area contributed by atoms with Crippen LogP contribution >= 0.6 is 0 Å². The lowest BCUT2D eigenvalue weighted by molar-refractivity contribution is 0.0921. The molecule has 2 fully saturated rings. The number of hydrogen-bond donors (Lipinski definition) is 1. The minimum atomic E-state index is -0.0309. The highest BCUT2D eigenvalue weighted by Crippen LogP contribution is 2.25. The van der Waals surface area contributed by atoms with Crippen LogP contribution < -0.4 is 5.32 Å². The maximum atomic E-state index is 12.5. The van der Waals surface area contributed by atoms with Gasteiger partial charge in [0.05, 0.1) is 0 Å². The van der Waals surface area contributed by atoms with Crippen molar-refractivity contribution in [3.8, 4) is 0 Å². The lowest BCUT2D eigenvalue weighted by Crippen LogP contribution is -2.37. The van der Waals surface area contributed by atoms with Crippen LogP contribution in [0, 0.1) is 6.92 Å². The molecule has 2 heterocycles. The maximum Gasteiger partial charge on any atom is 0.270 e. The Hall–Kier alpha value is -1.49. The number of carbonyl (C=O) groups excluding carboxylic acids is 1. The average molecular weight is 316 g/mol. The minimum absolute atomic E-state index is 0.0309. The van der Waals surface area contributed by atoms with Gasteiger partial charge in [0.15, 0.2) is 0 Å². The van der Waals surface area contributed by atoms with E-state index < -0.39 is 0 Å². The number of piperidine rings is 1. The molecule has 0 atom stereocenters. The molecule has 23 heavy (non-hydrogen) atoms. The molecule has 5 heteroatoms. The number of hydrogen-bond acceptors (Lipinski definition) is 4. The highest BCUT2D eigenvalue weighted by Gasteiger charge is 2.23. The standard InChI is InChI=1S/C18H28N4O/c1-13-12-16(18(23)20-15-6-4-3-5-7-15)21-17(19-13)14-8-10-22(2)11-9-14/h12,14-15H,3-11H2,1-2H3,(H,20,23). The van der Waals surface area contributed by atoms with E-state index in [-0.39, 0.29) is 5.91 Å². The second-order valence-corrected chi connectivity index (χ2v) is 7.14. The Morgan fingerprint density at radius 1 is 1.13 bits per heavy atom. The van der Waals surface area contributed by atoms with Crippen LogP contribution in [-0.4, -0.2) is 47.0 Å². The van der Waals surface area contributed by atoms with Crippen molar-refractivity contribution >= 4 is 5.91 Å². The number of rotatable bonds is 3. The zero-order valence-corrected chi connectivity index (χ0v) is 14.3. The van der Waals surface area contributed by atoms with E-state index in [4.69, 9.17) is 0 Å². The lowest BCUT2D eigenvalue weighted by Gasteiger charge is -2.28. The molecule has 1 aliphatic heterocycles. The first-order chi connectivity index (χ1) is 11.1. The number of likely N-dealkylation sites (tertiary alicyclic amines) is 1. The van der Waals surface area contributed by atoms with Crippen molar-refractivity contribution in [1.82, 2.24) is 20.2 Å². The van der Waals surface area contributed by atoms with Crippen molar-refractivity contribution in [2.75, 3.05) is 20.1 Å². The van der Waals surface area contributed by atoms with E-state index in [0.29, 0.717) is 17.7 Å². The van der Waals surface area contributed by atoms with Crippen molar-refractivity contribution in [2.45, 2.75) is 63.8 Å². The Labute approximate surface area is 138 Å². The Morgan fingerprint density at radius 3 is 2.52 bits per heavy atom. The Balaban J connectivity index is 1.70. The molecule has 0 aromatic carbocycles. The third kappa shape index (κ3) is 4.28. The van der Waals surface area contributed by atoms with E-state index >= 15 is 0 Å². The molecule has 0 bridgehead atoms. The summed E-state index contributed by atoms with van der Waals surface area (Å²) in [6.07, 6.45) is 8.06. The van der Waals surface area contributed by atoms with Crippen LogP contribution in [0.25, 0.3) is 0 Å². The van der Waals surface area contributed by atoms with Gasteiger partial charge in [-0.25, -0.2) is 9.97 Å². The predicted molar refractivity (Wildman–Crippen MR) is 90.6 cm³/mol. The Bertz CT molecular complexity index is 546. The fourth-order valence-electron chi connectivity index (χ4n) is 3.66. The zero-order chi connectivity index (χ0) is 16.2. The molecule has 5 nitrogen and oxygen atoms in total. The number of aromatic nitrogens is 2. The molecule has 126 valence electrons. The van der Waals surface area contributed by atoms with Gasteiger partial charge in [-0.05, 0) is 58.8 Å². The fourth-order valence-corrected chi connectivity index (χ4v) is 3.66. The molecule has 0 unspecified atom stereocenters. The topological polar surface area (TPSA) is 58.1 Å². The summed E-state index contributed by atoms with van der Waals surface area (Å²) < 4.78 is 0. The molecule has 1 aromatic rings. The van der Waals surface area contributed by atoms with E-state index in [9.17, 15) is 4.79 Å². The van der Waals surface area contributed by atoms with Gasteiger partial charge in [-0.15, -0.1) is 0 Å². The Kier molecular flexibility index (Phi) is 5.26. The first-order valence-electron chi connectivity index (χ1n) is 8.97. The molecule has 1 saturated heterocycles. The fraction of sp³-hybridized carbons (Fsp3) is 0.722. The summed E-state index contributed by atoms with van der Waals surface area (Å²) >= 11 is 0. The second-order valence-electron chi connectivity index (χ2n) is 7.14. The molecule has 3 rings (SSSR count). The van der Waals surface area contributed by atoms with Crippen LogP contribution in [0.4, 0.5) is 0 Å². The largest absolute Gasteiger partial charge is 0.348 e. The summed E-state index contributed by atoms with van der Waals surface area (Å²) in [6.45, 7) is 4.11. The summed E-state index contributed by atoms with van der Waals surface area (Å²) in [6, 6.07) is 2.13. The summed E-state index contributed by atoms with van der Waals surface area (Å²) in [5.74, 6) is 1.20. The van der Waals surface area contributed by atoms with Crippen molar-refractivity contribution in [1.29, 1.82) is 0 Å². The molecule has 1 saturated carbocycles. The van der Waals surface area contributed by atoms with Gasteiger partial charge >= 0.3 is 0 Å². The van der Waals surface area contributed by atoms with Crippen molar-refractivity contribution in [3.63, 3.8) is 0 Å². The number of carbonyl (C=O) groups is 1. The highest BCUT2D eigenvalue weighted by molar-refractivity contribution is 5.92. The van der Waals surface area contributed by atoms with Gasteiger partial charge in [-0.1, -0.05) is 19.3 Å². The highest BCUT2D eigenvalue weighted by atomic mass is 16.1. The van der Waals surface area contributed by atoms with E-state index in [1.807, 2.05) is 13.0 Å². The van der Waals surface area contributed by atoms with Gasteiger partial charge in [0.2, 0.25) is 0 Å². The van der Waals surface area contributed by atoms with Gasteiger partial charge < -0.3 is 10.2 Å². The second kappa shape index (κ2) is 7.39. The monoisotopic (exact) mass is 316 g/mol. The normalized spacial score (nSPS) is 21.3. The summed E-state index contributed by atoms with van der Waals surface area (Å²) in [5, 5.41) is 3.16.